The second-order valence-corrected chi connectivity index (χ2v) is 4.45. The molecule has 2 aliphatic rings. The van der Waals surface area contributed by atoms with Gasteiger partial charge in [-0.1, -0.05) is 39.0 Å². The summed E-state index contributed by atoms with van der Waals surface area (Å²) in [6.45, 7) is 12.9. The van der Waals surface area contributed by atoms with Crippen LogP contribution in [0.2, 0.25) is 0 Å². The molecule has 4 atom stereocenters. The lowest BCUT2D eigenvalue weighted by atomic mass is 9.57. The highest BCUT2D eigenvalue weighted by atomic mass is 14.6. The number of allylic oxidation sites excluding steroid dienone is 2. The van der Waals surface area contributed by atoms with Crippen molar-refractivity contribution < 1.29 is 0 Å². The summed E-state index contributed by atoms with van der Waals surface area (Å²) in [5.74, 6) is 3.52. The maximum atomic E-state index is 4.15. The third-order valence-electron chi connectivity index (χ3n) is 4.08. The second kappa shape index (κ2) is 2.48. The Morgan fingerprint density at radius 1 is 1.42 bits per heavy atom. The molecule has 4 unspecified atom stereocenters. The van der Waals surface area contributed by atoms with E-state index >= 15 is 0 Å². The molecule has 2 rings (SSSR count). The van der Waals surface area contributed by atoms with Crippen molar-refractivity contribution in [1.29, 1.82) is 0 Å². The van der Waals surface area contributed by atoms with Gasteiger partial charge in [-0.3, -0.25) is 0 Å². The van der Waals surface area contributed by atoms with E-state index in [1.54, 1.807) is 0 Å². The molecule has 0 aromatic carbocycles. The van der Waals surface area contributed by atoms with E-state index in [0.717, 1.165) is 23.7 Å². The smallest absolute Gasteiger partial charge is 0.0100 e. The lowest BCUT2D eigenvalue weighted by Crippen LogP contribution is -2.41. The predicted molar refractivity (Wildman–Crippen MR) is 52.8 cm³/mol. The molecule has 0 heteroatoms. The van der Waals surface area contributed by atoms with Crippen molar-refractivity contribution in [3.05, 3.63) is 24.3 Å². The van der Waals surface area contributed by atoms with Crippen molar-refractivity contribution in [2.24, 2.45) is 23.7 Å². The number of hydrogen-bond acceptors (Lipinski definition) is 0. The van der Waals surface area contributed by atoms with Crippen molar-refractivity contribution in [2.75, 3.05) is 0 Å². The van der Waals surface area contributed by atoms with Crippen LogP contribution in [0.4, 0.5) is 0 Å². The zero-order valence-electron chi connectivity index (χ0n) is 8.14. The Bertz CT molecular complexity index is 236. The molecule has 0 bridgehead atoms. The van der Waals surface area contributed by atoms with E-state index in [2.05, 4.69) is 27.0 Å². The first-order valence-corrected chi connectivity index (χ1v) is 5.03. The summed E-state index contributed by atoms with van der Waals surface area (Å²) in [6.07, 6.45) is 2.54. The fraction of sp³-hybridized carbons (Fsp3) is 0.667. The lowest BCUT2D eigenvalue weighted by Gasteiger charge is -2.47. The maximum Gasteiger partial charge on any atom is -0.0100 e. The molecule has 0 radical (unpaired) electrons. The predicted octanol–water partition coefficient (Wildman–Crippen LogP) is 3.41. The van der Waals surface area contributed by atoms with E-state index in [9.17, 15) is 0 Å². The van der Waals surface area contributed by atoms with Crippen LogP contribution in [0.15, 0.2) is 24.3 Å². The molecular formula is C12H18. The van der Waals surface area contributed by atoms with Crippen molar-refractivity contribution in [1.82, 2.24) is 0 Å². The highest BCUT2D eigenvalue weighted by Crippen LogP contribution is 2.59. The minimum Gasteiger partial charge on any atom is -0.0956 e. The van der Waals surface area contributed by atoms with Gasteiger partial charge in [0.1, 0.15) is 0 Å². The Balaban J connectivity index is 2.20. The van der Waals surface area contributed by atoms with E-state index in [0.29, 0.717) is 0 Å². The van der Waals surface area contributed by atoms with E-state index in [1.165, 1.54) is 24.0 Å². The van der Waals surface area contributed by atoms with E-state index in [4.69, 9.17) is 0 Å². The van der Waals surface area contributed by atoms with Gasteiger partial charge in [0.15, 0.2) is 0 Å². The molecule has 0 nitrogen and oxygen atoms in total. The largest absolute Gasteiger partial charge is 0.0956 e. The summed E-state index contributed by atoms with van der Waals surface area (Å²) in [5.41, 5.74) is 2.69. The molecule has 2 fully saturated rings. The molecule has 2 saturated carbocycles. The van der Waals surface area contributed by atoms with Crippen LogP contribution in [0.1, 0.15) is 26.7 Å². The third kappa shape index (κ3) is 0.784. The van der Waals surface area contributed by atoms with Gasteiger partial charge in [-0.25, -0.2) is 0 Å². The summed E-state index contributed by atoms with van der Waals surface area (Å²) in [4.78, 5) is 0. The summed E-state index contributed by atoms with van der Waals surface area (Å²) >= 11 is 0. The molecule has 66 valence electrons. The number of hydrogen-bond donors (Lipinski definition) is 0. The van der Waals surface area contributed by atoms with Crippen LogP contribution < -0.4 is 0 Å². The zero-order chi connectivity index (χ0) is 8.88. The highest BCUT2D eigenvalue weighted by molar-refractivity contribution is 5.38. The lowest BCUT2D eigenvalue weighted by molar-refractivity contribution is 0.0334. The average Bonchev–Trinajstić information content (AvgIpc) is 2.30. The molecule has 0 N–H and O–H groups in total. The highest BCUT2D eigenvalue weighted by Gasteiger charge is 2.51. The van der Waals surface area contributed by atoms with Gasteiger partial charge < -0.3 is 0 Å². The van der Waals surface area contributed by atoms with Gasteiger partial charge in [0.05, 0.1) is 0 Å². The van der Waals surface area contributed by atoms with Crippen LogP contribution in [0, 0.1) is 23.7 Å². The monoisotopic (exact) mass is 162 g/mol. The van der Waals surface area contributed by atoms with Gasteiger partial charge >= 0.3 is 0 Å². The van der Waals surface area contributed by atoms with Crippen molar-refractivity contribution in [2.45, 2.75) is 26.7 Å². The van der Waals surface area contributed by atoms with E-state index < -0.39 is 0 Å². The minimum absolute atomic E-state index is 0.803. The Morgan fingerprint density at radius 3 is 2.67 bits per heavy atom. The quantitative estimate of drug-likeness (QED) is 0.554. The number of fused-ring (bicyclic) bond motifs is 1. The van der Waals surface area contributed by atoms with Gasteiger partial charge in [-0.15, -0.1) is 0 Å². The van der Waals surface area contributed by atoms with Crippen LogP contribution >= 0.6 is 0 Å². The SMILES string of the molecule is C=C1CC2C(C)C(CC)C2C1=C. The minimum atomic E-state index is 0.803. The van der Waals surface area contributed by atoms with Crippen molar-refractivity contribution in [3.8, 4) is 0 Å². The van der Waals surface area contributed by atoms with Crippen LogP contribution in [0.5, 0.6) is 0 Å². The summed E-state index contributed by atoms with van der Waals surface area (Å²) < 4.78 is 0. The molecule has 0 aromatic rings. The van der Waals surface area contributed by atoms with Crippen LogP contribution in [-0.4, -0.2) is 0 Å². The third-order valence-corrected chi connectivity index (χ3v) is 4.08. The van der Waals surface area contributed by atoms with Crippen LogP contribution in [0.25, 0.3) is 0 Å². The summed E-state index contributed by atoms with van der Waals surface area (Å²) in [6, 6.07) is 0. The fourth-order valence-electron chi connectivity index (χ4n) is 3.25. The molecule has 0 aromatic heterocycles. The molecule has 0 amide bonds. The standard InChI is InChI=1S/C12H18/c1-5-10-9(4)11-6-7(2)8(3)12(10)11/h9-12H,2-3,5-6H2,1,4H3. The Hall–Kier alpha value is -0.520. The average molecular weight is 162 g/mol. The maximum absolute atomic E-state index is 4.15. The first kappa shape index (κ1) is 8.10. The molecular weight excluding hydrogens is 144 g/mol. The molecule has 0 heterocycles. The molecule has 0 saturated heterocycles. The first-order chi connectivity index (χ1) is 5.66. The second-order valence-electron chi connectivity index (χ2n) is 4.45. The van der Waals surface area contributed by atoms with Gasteiger partial charge in [0.2, 0.25) is 0 Å². The number of rotatable bonds is 1. The summed E-state index contributed by atoms with van der Waals surface area (Å²) in [5, 5.41) is 0. The van der Waals surface area contributed by atoms with Crippen molar-refractivity contribution in [3.63, 3.8) is 0 Å². The molecule has 12 heavy (non-hydrogen) atoms. The van der Waals surface area contributed by atoms with Gasteiger partial charge in [-0.2, -0.15) is 0 Å². The van der Waals surface area contributed by atoms with E-state index in [-0.39, 0.29) is 0 Å². The first-order valence-electron chi connectivity index (χ1n) is 5.03. The molecule has 2 aliphatic carbocycles. The van der Waals surface area contributed by atoms with Crippen molar-refractivity contribution >= 4 is 0 Å². The van der Waals surface area contributed by atoms with Gasteiger partial charge in [0, 0.05) is 0 Å². The normalized spacial score (nSPS) is 45.8. The zero-order valence-corrected chi connectivity index (χ0v) is 8.14. The molecule has 0 spiro atoms. The Kier molecular flexibility index (Phi) is 1.67. The van der Waals surface area contributed by atoms with Crippen LogP contribution in [0.3, 0.4) is 0 Å². The fourth-order valence-corrected chi connectivity index (χ4v) is 3.25. The van der Waals surface area contributed by atoms with Gasteiger partial charge in [0.25, 0.3) is 0 Å². The summed E-state index contributed by atoms with van der Waals surface area (Å²) in [7, 11) is 0. The molecule has 0 aliphatic heterocycles. The van der Waals surface area contributed by atoms with E-state index in [1.807, 2.05) is 0 Å². The Morgan fingerprint density at radius 2 is 2.08 bits per heavy atom. The van der Waals surface area contributed by atoms with Gasteiger partial charge in [-0.05, 0) is 35.7 Å². The topological polar surface area (TPSA) is 0 Å². The van der Waals surface area contributed by atoms with Crippen LogP contribution in [-0.2, 0) is 0 Å². The Labute approximate surface area is 75.4 Å².